The van der Waals surface area contributed by atoms with E-state index in [4.69, 9.17) is 16.3 Å². The van der Waals surface area contributed by atoms with Crippen molar-refractivity contribution < 1.29 is 14.3 Å². The molecule has 0 spiro atoms. The Balaban J connectivity index is 1.71. The van der Waals surface area contributed by atoms with Crippen molar-refractivity contribution in [2.45, 2.75) is 19.9 Å². The summed E-state index contributed by atoms with van der Waals surface area (Å²) in [5.41, 5.74) is 2.52. The van der Waals surface area contributed by atoms with Gasteiger partial charge in [-0.2, -0.15) is 0 Å². The minimum absolute atomic E-state index is 0.124. The summed E-state index contributed by atoms with van der Waals surface area (Å²) >= 11 is 6.01. The van der Waals surface area contributed by atoms with Crippen LogP contribution in [-0.4, -0.2) is 25.0 Å². The molecule has 0 saturated carbocycles. The Morgan fingerprint density at radius 1 is 1.08 bits per heavy atom. The zero-order valence-electron chi connectivity index (χ0n) is 14.2. The summed E-state index contributed by atoms with van der Waals surface area (Å²) in [5.74, 6) is -0.619. The number of carbonyl (C=O) groups excluding carboxylic acids is 2. The van der Waals surface area contributed by atoms with Gasteiger partial charge in [0.15, 0.2) is 0 Å². The second-order valence-corrected chi connectivity index (χ2v) is 6.11. The van der Waals surface area contributed by atoms with E-state index in [1.807, 2.05) is 50.2 Å². The monoisotopic (exact) mass is 360 g/mol. The van der Waals surface area contributed by atoms with Crippen molar-refractivity contribution in [1.82, 2.24) is 5.32 Å². The molecule has 0 aromatic heterocycles. The number of nitrogens with one attached hydrogen (secondary N) is 2. The van der Waals surface area contributed by atoms with Gasteiger partial charge in [-0.25, -0.2) is 0 Å². The van der Waals surface area contributed by atoms with E-state index in [9.17, 15) is 9.59 Å². The van der Waals surface area contributed by atoms with Gasteiger partial charge in [-0.1, -0.05) is 48.0 Å². The van der Waals surface area contributed by atoms with Gasteiger partial charge in [0.1, 0.15) is 13.2 Å². The van der Waals surface area contributed by atoms with Crippen LogP contribution in [0.1, 0.15) is 24.1 Å². The van der Waals surface area contributed by atoms with Crippen LogP contribution >= 0.6 is 11.6 Å². The van der Waals surface area contributed by atoms with Gasteiger partial charge in [-0.15, -0.1) is 0 Å². The Labute approximate surface area is 152 Å². The lowest BCUT2D eigenvalue weighted by Gasteiger charge is -2.14. The van der Waals surface area contributed by atoms with E-state index in [-0.39, 0.29) is 31.1 Å². The molecule has 2 rings (SSSR count). The van der Waals surface area contributed by atoms with Crippen molar-refractivity contribution in [3.8, 4) is 0 Å². The molecular formula is C19H21ClN2O3. The molecular weight excluding hydrogens is 340 g/mol. The maximum Gasteiger partial charge on any atom is 0.250 e. The Kier molecular flexibility index (Phi) is 6.98. The molecule has 5 nitrogen and oxygen atoms in total. The van der Waals surface area contributed by atoms with Crippen LogP contribution < -0.4 is 10.6 Å². The summed E-state index contributed by atoms with van der Waals surface area (Å²) in [6.45, 7) is 3.38. The number of anilines is 1. The lowest BCUT2D eigenvalue weighted by Crippen LogP contribution is -2.31. The van der Waals surface area contributed by atoms with Crippen LogP contribution in [0.5, 0.6) is 0 Å². The lowest BCUT2D eigenvalue weighted by atomic mass is 10.1. The fraction of sp³-hybridized carbons (Fsp3) is 0.263. The number of benzene rings is 2. The van der Waals surface area contributed by atoms with Crippen LogP contribution in [-0.2, 0) is 14.3 Å². The third-order valence-corrected chi connectivity index (χ3v) is 4.01. The van der Waals surface area contributed by atoms with Crippen LogP contribution in [0.15, 0.2) is 48.5 Å². The molecule has 0 aliphatic carbocycles. The third-order valence-electron chi connectivity index (χ3n) is 3.60. The molecule has 132 valence electrons. The van der Waals surface area contributed by atoms with Crippen molar-refractivity contribution in [2.75, 3.05) is 18.5 Å². The van der Waals surface area contributed by atoms with E-state index in [0.29, 0.717) is 10.7 Å². The summed E-state index contributed by atoms with van der Waals surface area (Å²) in [4.78, 5) is 23.7. The van der Waals surface area contributed by atoms with E-state index >= 15 is 0 Å². The standard InChI is InChI=1S/C19H21ClN2O3/c1-13-8-9-16(10-17(13)20)22-19(24)12-25-11-18(23)21-14(2)15-6-4-3-5-7-15/h3-10,14H,11-12H2,1-2H3,(H,21,23)(H,22,24)/t14-/m1/s1. The quantitative estimate of drug-likeness (QED) is 0.794. The molecule has 0 heterocycles. The molecule has 25 heavy (non-hydrogen) atoms. The molecule has 0 saturated heterocycles. The molecule has 2 amide bonds. The smallest absolute Gasteiger partial charge is 0.250 e. The first-order valence-corrected chi connectivity index (χ1v) is 8.31. The van der Waals surface area contributed by atoms with E-state index in [2.05, 4.69) is 10.6 Å². The van der Waals surface area contributed by atoms with Gasteiger partial charge in [-0.05, 0) is 37.1 Å². The fourth-order valence-corrected chi connectivity index (χ4v) is 2.39. The summed E-state index contributed by atoms with van der Waals surface area (Å²) in [6, 6.07) is 14.7. The van der Waals surface area contributed by atoms with Crippen LogP contribution in [0.25, 0.3) is 0 Å². The maximum atomic E-state index is 11.9. The highest BCUT2D eigenvalue weighted by molar-refractivity contribution is 6.31. The molecule has 6 heteroatoms. The number of aryl methyl sites for hydroxylation is 1. The first kappa shape index (κ1) is 19.0. The number of carbonyl (C=O) groups is 2. The van der Waals surface area contributed by atoms with Crippen molar-refractivity contribution in [1.29, 1.82) is 0 Å². The summed E-state index contributed by atoms with van der Waals surface area (Å²) < 4.78 is 5.16. The number of amides is 2. The van der Waals surface area contributed by atoms with E-state index in [1.165, 1.54) is 0 Å². The minimum Gasteiger partial charge on any atom is -0.362 e. The molecule has 0 unspecified atom stereocenters. The van der Waals surface area contributed by atoms with Gasteiger partial charge in [-0.3, -0.25) is 9.59 Å². The largest absolute Gasteiger partial charge is 0.362 e. The van der Waals surface area contributed by atoms with Gasteiger partial charge in [0, 0.05) is 10.7 Å². The second-order valence-electron chi connectivity index (χ2n) is 5.70. The Morgan fingerprint density at radius 3 is 2.44 bits per heavy atom. The van der Waals surface area contributed by atoms with Crippen LogP contribution in [0.4, 0.5) is 5.69 Å². The van der Waals surface area contributed by atoms with Gasteiger partial charge >= 0.3 is 0 Å². The maximum absolute atomic E-state index is 11.9. The summed E-state index contributed by atoms with van der Waals surface area (Å²) in [7, 11) is 0. The average molecular weight is 361 g/mol. The van der Waals surface area contributed by atoms with E-state index in [0.717, 1.165) is 11.1 Å². The van der Waals surface area contributed by atoms with E-state index in [1.54, 1.807) is 12.1 Å². The Bertz CT molecular complexity index is 735. The fourth-order valence-electron chi connectivity index (χ4n) is 2.21. The molecule has 2 aromatic carbocycles. The summed E-state index contributed by atoms with van der Waals surface area (Å²) in [5, 5.41) is 6.07. The van der Waals surface area contributed by atoms with Crippen molar-refractivity contribution in [3.05, 3.63) is 64.7 Å². The first-order valence-electron chi connectivity index (χ1n) is 7.94. The number of hydrogen-bond donors (Lipinski definition) is 2. The number of halogens is 1. The van der Waals surface area contributed by atoms with Gasteiger partial charge in [0.25, 0.3) is 0 Å². The lowest BCUT2D eigenvalue weighted by molar-refractivity contribution is -0.129. The predicted molar refractivity (Wildman–Crippen MR) is 98.6 cm³/mol. The molecule has 1 atom stereocenters. The normalized spacial score (nSPS) is 11.6. The SMILES string of the molecule is Cc1ccc(NC(=O)COCC(=O)N[C@H](C)c2ccccc2)cc1Cl. The molecule has 2 N–H and O–H groups in total. The van der Waals surface area contributed by atoms with Crippen LogP contribution in [0, 0.1) is 6.92 Å². The first-order chi connectivity index (χ1) is 12.0. The molecule has 0 aliphatic rings. The Hall–Kier alpha value is -2.37. The third kappa shape index (κ3) is 6.21. The number of rotatable bonds is 7. The number of hydrogen-bond acceptors (Lipinski definition) is 3. The number of ether oxygens (including phenoxy) is 1. The molecule has 0 fully saturated rings. The highest BCUT2D eigenvalue weighted by Crippen LogP contribution is 2.19. The molecule has 2 aromatic rings. The zero-order chi connectivity index (χ0) is 18.2. The van der Waals surface area contributed by atoms with Gasteiger partial charge in [0.2, 0.25) is 11.8 Å². The summed E-state index contributed by atoms with van der Waals surface area (Å²) in [6.07, 6.45) is 0. The Morgan fingerprint density at radius 2 is 1.76 bits per heavy atom. The van der Waals surface area contributed by atoms with Crippen molar-refractivity contribution in [2.24, 2.45) is 0 Å². The molecule has 0 bridgehead atoms. The average Bonchev–Trinajstić information content (AvgIpc) is 2.59. The van der Waals surface area contributed by atoms with Crippen LogP contribution in [0.2, 0.25) is 5.02 Å². The van der Waals surface area contributed by atoms with Crippen LogP contribution in [0.3, 0.4) is 0 Å². The molecule has 0 aliphatic heterocycles. The highest BCUT2D eigenvalue weighted by atomic mass is 35.5. The predicted octanol–water partition coefficient (Wildman–Crippen LogP) is 3.48. The minimum atomic E-state index is -0.344. The highest BCUT2D eigenvalue weighted by Gasteiger charge is 2.10. The van der Waals surface area contributed by atoms with E-state index < -0.39 is 0 Å². The zero-order valence-corrected chi connectivity index (χ0v) is 15.0. The van der Waals surface area contributed by atoms with Crippen molar-refractivity contribution in [3.63, 3.8) is 0 Å². The molecule has 0 radical (unpaired) electrons. The van der Waals surface area contributed by atoms with Gasteiger partial charge in [0.05, 0.1) is 6.04 Å². The second kappa shape index (κ2) is 9.20. The van der Waals surface area contributed by atoms with Gasteiger partial charge < -0.3 is 15.4 Å². The van der Waals surface area contributed by atoms with Crippen molar-refractivity contribution >= 4 is 29.1 Å². The topological polar surface area (TPSA) is 67.4 Å².